The van der Waals surface area contributed by atoms with Gasteiger partial charge in [0.1, 0.15) is 10.7 Å². The maximum Gasteiger partial charge on any atom is 0.273 e. The zero-order valence-electron chi connectivity index (χ0n) is 14.7. The van der Waals surface area contributed by atoms with Crippen LogP contribution >= 0.6 is 11.3 Å². The highest BCUT2D eigenvalue weighted by Gasteiger charge is 2.31. The largest absolute Gasteiger partial charge is 0.378 e. The molecule has 1 amide bonds. The summed E-state index contributed by atoms with van der Waals surface area (Å²) in [6, 6.07) is 7.78. The van der Waals surface area contributed by atoms with Gasteiger partial charge < -0.3 is 9.64 Å². The van der Waals surface area contributed by atoms with E-state index in [1.54, 1.807) is 17.4 Å². The molecule has 0 spiro atoms. The first-order valence-electron chi connectivity index (χ1n) is 8.18. The van der Waals surface area contributed by atoms with E-state index in [4.69, 9.17) is 10.00 Å². The minimum atomic E-state index is -3.65. The van der Waals surface area contributed by atoms with Gasteiger partial charge in [0.15, 0.2) is 0 Å². The molecular formula is C17H18N4O4S2. The molecule has 0 saturated carbocycles. The number of nitrogens with zero attached hydrogens (tertiary/aromatic N) is 4. The molecule has 1 aliphatic rings. The fourth-order valence-corrected chi connectivity index (χ4v) is 4.90. The van der Waals surface area contributed by atoms with E-state index in [1.165, 1.54) is 39.9 Å². The number of nitriles is 1. The molecule has 3 rings (SSSR count). The van der Waals surface area contributed by atoms with Gasteiger partial charge in [-0.3, -0.25) is 4.79 Å². The van der Waals surface area contributed by atoms with E-state index >= 15 is 0 Å². The van der Waals surface area contributed by atoms with E-state index in [9.17, 15) is 13.2 Å². The third-order valence-electron chi connectivity index (χ3n) is 4.19. The van der Waals surface area contributed by atoms with Crippen molar-refractivity contribution in [2.24, 2.45) is 0 Å². The lowest BCUT2D eigenvalue weighted by molar-refractivity contribution is 0.0692. The summed E-state index contributed by atoms with van der Waals surface area (Å²) in [7, 11) is -2.08. The van der Waals surface area contributed by atoms with E-state index in [-0.39, 0.29) is 23.9 Å². The molecule has 142 valence electrons. The zero-order valence-corrected chi connectivity index (χ0v) is 16.3. The number of amides is 1. The molecule has 0 bridgehead atoms. The van der Waals surface area contributed by atoms with Crippen LogP contribution in [0, 0.1) is 11.3 Å². The monoisotopic (exact) mass is 406 g/mol. The van der Waals surface area contributed by atoms with Gasteiger partial charge in [0, 0.05) is 38.7 Å². The minimum absolute atomic E-state index is 0.144. The number of ether oxygens (including phenoxy) is 1. The van der Waals surface area contributed by atoms with E-state index in [2.05, 4.69) is 4.98 Å². The maximum atomic E-state index is 12.7. The molecule has 0 radical (unpaired) electrons. The zero-order chi connectivity index (χ0) is 19.4. The number of carbonyl (C=O) groups excluding carboxylic acids is 1. The molecule has 27 heavy (non-hydrogen) atoms. The number of piperazine rings is 1. The molecule has 0 aliphatic carbocycles. The summed E-state index contributed by atoms with van der Waals surface area (Å²) in [5.74, 6) is -0.205. The molecule has 2 aromatic rings. The predicted molar refractivity (Wildman–Crippen MR) is 98.6 cm³/mol. The van der Waals surface area contributed by atoms with Gasteiger partial charge in [0.2, 0.25) is 10.0 Å². The van der Waals surface area contributed by atoms with Gasteiger partial charge in [-0.2, -0.15) is 9.57 Å². The van der Waals surface area contributed by atoms with Crippen LogP contribution in [0.25, 0.3) is 0 Å². The number of benzene rings is 1. The Morgan fingerprint density at radius 1 is 1.26 bits per heavy atom. The van der Waals surface area contributed by atoms with Crippen LogP contribution < -0.4 is 0 Å². The first-order chi connectivity index (χ1) is 13.0. The molecule has 1 saturated heterocycles. The number of sulfonamides is 1. The van der Waals surface area contributed by atoms with Crippen molar-refractivity contribution in [1.29, 1.82) is 5.26 Å². The van der Waals surface area contributed by atoms with E-state index < -0.39 is 10.0 Å². The topological polar surface area (TPSA) is 104 Å². The van der Waals surface area contributed by atoms with Crippen LogP contribution in [0.4, 0.5) is 0 Å². The lowest BCUT2D eigenvalue weighted by atomic mass is 10.2. The summed E-state index contributed by atoms with van der Waals surface area (Å²) in [6.45, 7) is 1.37. The number of carbonyl (C=O) groups is 1. The van der Waals surface area contributed by atoms with Crippen LogP contribution in [-0.4, -0.2) is 61.8 Å². The molecule has 1 aromatic carbocycles. The second-order valence-electron chi connectivity index (χ2n) is 5.89. The summed E-state index contributed by atoms with van der Waals surface area (Å²) in [5, 5.41) is 11.2. The molecule has 0 N–H and O–H groups in total. The Balaban J connectivity index is 1.65. The average Bonchev–Trinajstić information content (AvgIpc) is 3.16. The Kier molecular flexibility index (Phi) is 5.86. The summed E-state index contributed by atoms with van der Waals surface area (Å²) in [6.07, 6.45) is 0. The number of methoxy groups -OCH3 is 1. The minimum Gasteiger partial charge on any atom is -0.378 e. The van der Waals surface area contributed by atoms with Crippen molar-refractivity contribution >= 4 is 27.3 Å². The second-order valence-corrected chi connectivity index (χ2v) is 8.77. The first-order valence-corrected chi connectivity index (χ1v) is 10.5. The molecule has 8 nitrogen and oxygen atoms in total. The molecule has 10 heteroatoms. The van der Waals surface area contributed by atoms with Crippen molar-refractivity contribution in [3.05, 3.63) is 45.9 Å². The smallest absolute Gasteiger partial charge is 0.273 e. The average molecular weight is 406 g/mol. The number of hydrogen-bond acceptors (Lipinski definition) is 7. The van der Waals surface area contributed by atoms with E-state index in [0.29, 0.717) is 31.0 Å². The predicted octanol–water partition coefficient (Wildman–Crippen LogP) is 1.31. The summed E-state index contributed by atoms with van der Waals surface area (Å²) in [5.41, 5.74) is 0.760. The van der Waals surface area contributed by atoms with Gasteiger partial charge in [0.05, 0.1) is 23.1 Å². The summed E-state index contributed by atoms with van der Waals surface area (Å²) < 4.78 is 31.8. The molecule has 1 fully saturated rings. The van der Waals surface area contributed by atoms with Gasteiger partial charge in [-0.15, -0.1) is 11.3 Å². The maximum absolute atomic E-state index is 12.7. The Morgan fingerprint density at radius 2 is 1.93 bits per heavy atom. The van der Waals surface area contributed by atoms with Crippen LogP contribution in [0.3, 0.4) is 0 Å². The first kappa shape index (κ1) is 19.4. The van der Waals surface area contributed by atoms with E-state index in [1.807, 2.05) is 6.07 Å². The Labute approximate surface area is 161 Å². The highest BCUT2D eigenvalue weighted by Crippen LogP contribution is 2.19. The fraction of sp³-hybridized carbons (Fsp3) is 0.353. The van der Waals surface area contributed by atoms with Crippen molar-refractivity contribution in [2.45, 2.75) is 11.5 Å². The molecule has 1 aromatic heterocycles. The van der Waals surface area contributed by atoms with Crippen molar-refractivity contribution in [2.75, 3.05) is 33.3 Å². The number of thiazole rings is 1. The van der Waals surface area contributed by atoms with Gasteiger partial charge in [-0.25, -0.2) is 13.4 Å². The van der Waals surface area contributed by atoms with Gasteiger partial charge in [-0.05, 0) is 24.3 Å². The normalized spacial score (nSPS) is 15.5. The van der Waals surface area contributed by atoms with Gasteiger partial charge in [0.25, 0.3) is 5.91 Å². The SMILES string of the molecule is COCc1nc(C(=O)N2CCN(S(=O)(=O)c3ccc(C#N)cc3)CC2)cs1. The van der Waals surface area contributed by atoms with Crippen molar-refractivity contribution in [3.8, 4) is 6.07 Å². The van der Waals surface area contributed by atoms with E-state index in [0.717, 1.165) is 5.01 Å². The molecule has 0 atom stereocenters. The van der Waals surface area contributed by atoms with Crippen molar-refractivity contribution in [1.82, 2.24) is 14.2 Å². The lowest BCUT2D eigenvalue weighted by Gasteiger charge is -2.33. The number of rotatable bonds is 5. The molecule has 2 heterocycles. The lowest BCUT2D eigenvalue weighted by Crippen LogP contribution is -2.50. The third kappa shape index (κ3) is 4.17. The summed E-state index contributed by atoms with van der Waals surface area (Å²) >= 11 is 1.36. The van der Waals surface area contributed by atoms with Gasteiger partial charge >= 0.3 is 0 Å². The highest BCUT2D eigenvalue weighted by atomic mass is 32.2. The Bertz CT molecular complexity index is 956. The number of aromatic nitrogens is 1. The highest BCUT2D eigenvalue weighted by molar-refractivity contribution is 7.89. The van der Waals surface area contributed by atoms with Crippen LogP contribution in [-0.2, 0) is 21.4 Å². The second kappa shape index (κ2) is 8.14. The van der Waals surface area contributed by atoms with Crippen LogP contribution in [0.5, 0.6) is 0 Å². The Hall–Kier alpha value is -2.32. The standard InChI is InChI=1S/C17H18N4O4S2/c1-25-11-16-19-15(12-26-16)17(22)20-6-8-21(9-7-20)27(23,24)14-4-2-13(10-18)3-5-14/h2-5,12H,6-9,11H2,1H3. The van der Waals surface area contributed by atoms with Gasteiger partial charge in [-0.1, -0.05) is 0 Å². The van der Waals surface area contributed by atoms with Crippen molar-refractivity contribution in [3.63, 3.8) is 0 Å². The van der Waals surface area contributed by atoms with Crippen LogP contribution in [0.2, 0.25) is 0 Å². The van der Waals surface area contributed by atoms with Crippen LogP contribution in [0.1, 0.15) is 21.1 Å². The third-order valence-corrected chi connectivity index (χ3v) is 6.92. The molecule has 0 unspecified atom stereocenters. The number of hydrogen-bond donors (Lipinski definition) is 0. The van der Waals surface area contributed by atoms with Crippen molar-refractivity contribution < 1.29 is 17.9 Å². The molecule has 1 aliphatic heterocycles. The molecular weight excluding hydrogens is 388 g/mol. The van der Waals surface area contributed by atoms with Crippen LogP contribution in [0.15, 0.2) is 34.5 Å². The quantitative estimate of drug-likeness (QED) is 0.742. The Morgan fingerprint density at radius 3 is 2.52 bits per heavy atom. The summed E-state index contributed by atoms with van der Waals surface area (Å²) in [4.78, 5) is 18.5. The fourth-order valence-electron chi connectivity index (χ4n) is 2.74.